The maximum atomic E-state index is 10.6. The molecule has 13 heavy (non-hydrogen) atoms. The molecule has 2 unspecified atom stereocenters. The lowest BCUT2D eigenvalue weighted by Gasteiger charge is -2.35. The van der Waals surface area contributed by atoms with Crippen molar-refractivity contribution in [2.75, 3.05) is 6.61 Å². The van der Waals surface area contributed by atoms with E-state index in [0.29, 0.717) is 6.29 Å². The quantitative estimate of drug-likeness (QED) is 0.450. The van der Waals surface area contributed by atoms with Crippen LogP contribution in [0.2, 0.25) is 0 Å². The van der Waals surface area contributed by atoms with Gasteiger partial charge < -0.3 is 14.9 Å². The monoisotopic (exact) mass is 190 g/mol. The molecule has 5 nitrogen and oxygen atoms in total. The summed E-state index contributed by atoms with van der Waals surface area (Å²) < 4.78 is 4.63. The highest BCUT2D eigenvalue weighted by Crippen LogP contribution is 2.23. The lowest BCUT2D eigenvalue weighted by Crippen LogP contribution is -2.56. The normalized spacial score (nSPS) is 19.8. The number of carbonyl (C=O) groups is 2. The molecule has 0 aromatic rings. The van der Waals surface area contributed by atoms with Crippen LogP contribution >= 0.6 is 0 Å². The molecule has 0 spiro atoms. The summed E-state index contributed by atoms with van der Waals surface area (Å²) in [5.74, 6) is -0.691. The second-order valence-electron chi connectivity index (χ2n) is 3.25. The van der Waals surface area contributed by atoms with Gasteiger partial charge in [0, 0.05) is 6.92 Å². The number of aldehydes is 1. The van der Waals surface area contributed by atoms with Crippen molar-refractivity contribution in [1.82, 2.24) is 0 Å². The zero-order valence-electron chi connectivity index (χ0n) is 7.90. The van der Waals surface area contributed by atoms with E-state index in [1.807, 2.05) is 0 Å². The number of rotatable bonds is 4. The number of aliphatic hydroxyl groups is 2. The molecule has 0 amide bonds. The van der Waals surface area contributed by atoms with E-state index in [-0.39, 0.29) is 0 Å². The summed E-state index contributed by atoms with van der Waals surface area (Å²) in [7, 11) is 0. The molecule has 0 saturated heterocycles. The molecule has 0 aliphatic heterocycles. The molecule has 5 heteroatoms. The van der Waals surface area contributed by atoms with Gasteiger partial charge in [-0.3, -0.25) is 9.59 Å². The largest absolute Gasteiger partial charge is 0.449 e. The van der Waals surface area contributed by atoms with Crippen LogP contribution in [-0.2, 0) is 14.3 Å². The maximum absolute atomic E-state index is 10.6. The Morgan fingerprint density at radius 3 is 2.23 bits per heavy atom. The predicted octanol–water partition coefficient (Wildman–Crippen LogP) is -0.750. The summed E-state index contributed by atoms with van der Waals surface area (Å²) in [4.78, 5) is 21.2. The molecule has 0 bridgehead atoms. The first-order chi connectivity index (χ1) is 5.79. The highest BCUT2D eigenvalue weighted by Gasteiger charge is 2.46. The first-order valence-corrected chi connectivity index (χ1v) is 3.78. The van der Waals surface area contributed by atoms with Crippen LogP contribution in [0.15, 0.2) is 0 Å². The van der Waals surface area contributed by atoms with Crippen molar-refractivity contribution < 1.29 is 24.5 Å². The smallest absolute Gasteiger partial charge is 0.303 e. The number of hydrogen-bond acceptors (Lipinski definition) is 5. The van der Waals surface area contributed by atoms with Gasteiger partial charge in [-0.25, -0.2) is 0 Å². The standard InChI is InChI=1S/C8H14O5/c1-6(11)13-8(3,5-10)7(2,12)4-9/h5,9,12H,4H2,1-3H3. The third-order valence-corrected chi connectivity index (χ3v) is 1.96. The van der Waals surface area contributed by atoms with Gasteiger partial charge in [0.2, 0.25) is 0 Å². The van der Waals surface area contributed by atoms with Crippen molar-refractivity contribution in [1.29, 1.82) is 0 Å². The van der Waals surface area contributed by atoms with Crippen molar-refractivity contribution in [2.45, 2.75) is 32.0 Å². The molecule has 0 aromatic heterocycles. The summed E-state index contributed by atoms with van der Waals surface area (Å²) in [6, 6.07) is 0. The van der Waals surface area contributed by atoms with Gasteiger partial charge in [-0.15, -0.1) is 0 Å². The second-order valence-corrected chi connectivity index (χ2v) is 3.25. The Bertz CT molecular complexity index is 211. The van der Waals surface area contributed by atoms with Crippen molar-refractivity contribution >= 4 is 12.3 Å². The van der Waals surface area contributed by atoms with E-state index < -0.39 is 23.8 Å². The van der Waals surface area contributed by atoms with E-state index in [9.17, 15) is 14.7 Å². The molecule has 0 saturated carbocycles. The third kappa shape index (κ3) is 2.50. The van der Waals surface area contributed by atoms with Crippen LogP contribution in [0.4, 0.5) is 0 Å². The Balaban J connectivity index is 4.81. The van der Waals surface area contributed by atoms with Crippen LogP contribution in [0.3, 0.4) is 0 Å². The fraction of sp³-hybridized carbons (Fsp3) is 0.750. The molecule has 76 valence electrons. The fourth-order valence-corrected chi connectivity index (χ4v) is 0.716. The zero-order chi connectivity index (χ0) is 10.7. The van der Waals surface area contributed by atoms with Gasteiger partial charge in [-0.1, -0.05) is 0 Å². The van der Waals surface area contributed by atoms with E-state index in [2.05, 4.69) is 4.74 Å². The Kier molecular flexibility index (Phi) is 3.57. The lowest BCUT2D eigenvalue weighted by atomic mass is 9.88. The number of hydrogen-bond donors (Lipinski definition) is 2. The number of aliphatic hydroxyl groups excluding tert-OH is 1. The molecule has 0 aliphatic rings. The zero-order valence-corrected chi connectivity index (χ0v) is 7.90. The Hall–Kier alpha value is -0.940. The number of carbonyl (C=O) groups excluding carboxylic acids is 2. The second kappa shape index (κ2) is 3.85. The molecular formula is C8H14O5. The average molecular weight is 190 g/mol. The molecule has 0 heterocycles. The summed E-state index contributed by atoms with van der Waals surface area (Å²) in [6.07, 6.45) is 0.296. The highest BCUT2D eigenvalue weighted by atomic mass is 16.6. The summed E-state index contributed by atoms with van der Waals surface area (Å²) in [6.45, 7) is 2.90. The Labute approximate surface area is 76.3 Å². The van der Waals surface area contributed by atoms with Gasteiger partial charge in [0.05, 0.1) is 6.61 Å². The van der Waals surface area contributed by atoms with Gasteiger partial charge in [-0.2, -0.15) is 0 Å². The molecule has 0 aromatic carbocycles. The van der Waals surface area contributed by atoms with Crippen LogP contribution in [0.5, 0.6) is 0 Å². The molecule has 0 fully saturated rings. The predicted molar refractivity (Wildman–Crippen MR) is 43.9 cm³/mol. The van der Waals surface area contributed by atoms with Crippen LogP contribution < -0.4 is 0 Å². The first-order valence-electron chi connectivity index (χ1n) is 3.78. The lowest BCUT2D eigenvalue weighted by molar-refractivity contribution is -0.191. The van der Waals surface area contributed by atoms with Crippen LogP contribution in [0, 0.1) is 0 Å². The molecule has 2 atom stereocenters. The molecule has 0 rings (SSSR count). The summed E-state index contributed by atoms with van der Waals surface area (Å²) in [5.41, 5.74) is -3.49. The van der Waals surface area contributed by atoms with Gasteiger partial charge in [0.1, 0.15) is 5.60 Å². The van der Waals surface area contributed by atoms with Crippen LogP contribution in [-0.4, -0.2) is 40.3 Å². The third-order valence-electron chi connectivity index (χ3n) is 1.96. The summed E-state index contributed by atoms with van der Waals surface area (Å²) in [5, 5.41) is 18.3. The number of ether oxygens (including phenoxy) is 1. The van der Waals surface area contributed by atoms with Crippen molar-refractivity contribution in [3.63, 3.8) is 0 Å². The highest BCUT2D eigenvalue weighted by molar-refractivity contribution is 5.73. The van der Waals surface area contributed by atoms with E-state index in [1.54, 1.807) is 0 Å². The van der Waals surface area contributed by atoms with E-state index in [4.69, 9.17) is 5.11 Å². The average Bonchev–Trinajstić information content (AvgIpc) is 2.02. The molecular weight excluding hydrogens is 176 g/mol. The van der Waals surface area contributed by atoms with Crippen molar-refractivity contribution in [3.05, 3.63) is 0 Å². The number of esters is 1. The minimum atomic E-state index is -1.78. The Morgan fingerprint density at radius 1 is 1.54 bits per heavy atom. The van der Waals surface area contributed by atoms with Gasteiger partial charge in [-0.05, 0) is 13.8 Å². The Morgan fingerprint density at radius 2 is 2.00 bits per heavy atom. The molecule has 2 N–H and O–H groups in total. The van der Waals surface area contributed by atoms with Crippen LogP contribution in [0.25, 0.3) is 0 Å². The maximum Gasteiger partial charge on any atom is 0.303 e. The van der Waals surface area contributed by atoms with Crippen molar-refractivity contribution in [2.24, 2.45) is 0 Å². The van der Waals surface area contributed by atoms with Crippen LogP contribution in [0.1, 0.15) is 20.8 Å². The van der Waals surface area contributed by atoms with Gasteiger partial charge in [0.25, 0.3) is 0 Å². The van der Waals surface area contributed by atoms with Gasteiger partial charge >= 0.3 is 5.97 Å². The minimum Gasteiger partial charge on any atom is -0.449 e. The minimum absolute atomic E-state index is 0.296. The van der Waals surface area contributed by atoms with E-state index in [1.165, 1.54) is 13.8 Å². The molecule has 0 aliphatic carbocycles. The topological polar surface area (TPSA) is 83.8 Å². The SMILES string of the molecule is CC(=O)OC(C)(C=O)C(C)(O)CO. The van der Waals surface area contributed by atoms with Crippen molar-refractivity contribution in [3.8, 4) is 0 Å². The van der Waals surface area contributed by atoms with E-state index >= 15 is 0 Å². The summed E-state index contributed by atoms with van der Waals surface area (Å²) >= 11 is 0. The molecule has 0 radical (unpaired) electrons. The van der Waals surface area contributed by atoms with E-state index in [0.717, 1.165) is 6.92 Å². The first kappa shape index (κ1) is 12.1. The fourth-order valence-electron chi connectivity index (χ4n) is 0.716. The van der Waals surface area contributed by atoms with Gasteiger partial charge in [0.15, 0.2) is 11.9 Å².